The van der Waals surface area contributed by atoms with E-state index < -0.39 is 33.6 Å². The van der Waals surface area contributed by atoms with Gasteiger partial charge in [-0.25, -0.2) is 17.5 Å². The first kappa shape index (κ1) is 23.0. The molecule has 0 aliphatic rings. The summed E-state index contributed by atoms with van der Waals surface area (Å²) in [6.07, 6.45) is -0.595. The summed E-state index contributed by atoms with van der Waals surface area (Å²) in [5, 5.41) is 2.52. The van der Waals surface area contributed by atoms with Crippen molar-refractivity contribution in [3.05, 3.63) is 35.9 Å². The Labute approximate surface area is 161 Å². The van der Waals surface area contributed by atoms with Crippen LogP contribution in [0.25, 0.3) is 0 Å². The Morgan fingerprint density at radius 3 is 2.33 bits per heavy atom. The average Bonchev–Trinajstić information content (AvgIpc) is 2.54. The van der Waals surface area contributed by atoms with E-state index in [4.69, 9.17) is 9.47 Å². The van der Waals surface area contributed by atoms with Gasteiger partial charge in [0.05, 0.1) is 0 Å². The number of nitrogens with zero attached hydrogens (tertiary/aromatic N) is 1. The molecule has 0 aliphatic heterocycles. The number of nitrogens with one attached hydrogen (secondary N) is 1. The molecule has 150 valence electrons. The van der Waals surface area contributed by atoms with Crippen molar-refractivity contribution in [3.63, 3.8) is 0 Å². The molecule has 1 atom stereocenters. The second-order valence-corrected chi connectivity index (χ2v) is 9.15. The van der Waals surface area contributed by atoms with Gasteiger partial charge >= 0.3 is 12.1 Å². The van der Waals surface area contributed by atoms with Crippen molar-refractivity contribution in [3.8, 4) is 0 Å². The second-order valence-electron chi connectivity index (χ2n) is 7.11. The number of hydrogen-bond donors (Lipinski definition) is 1. The molecule has 0 heterocycles. The normalized spacial score (nSPS) is 13.1. The molecule has 0 aliphatic carbocycles. The van der Waals surface area contributed by atoms with Gasteiger partial charge in [-0.3, -0.25) is 4.79 Å². The van der Waals surface area contributed by atoms with Crippen molar-refractivity contribution in [1.82, 2.24) is 9.62 Å². The Balaban J connectivity index is 2.60. The number of likely N-dealkylation sites (N-methyl/N-ethyl adjacent to an activating group) is 1. The van der Waals surface area contributed by atoms with E-state index in [2.05, 4.69) is 5.32 Å². The molecule has 1 aromatic rings. The fourth-order valence-corrected chi connectivity index (χ4v) is 2.79. The third kappa shape index (κ3) is 8.92. The maximum Gasteiger partial charge on any atom is 0.407 e. The number of hydrogen-bond acceptors (Lipinski definition) is 6. The van der Waals surface area contributed by atoms with E-state index in [9.17, 15) is 18.0 Å². The van der Waals surface area contributed by atoms with E-state index in [1.807, 2.05) is 30.3 Å². The van der Waals surface area contributed by atoms with Crippen LogP contribution in [0.1, 0.15) is 32.8 Å². The number of ether oxygens (including phenoxy) is 2. The molecule has 0 saturated carbocycles. The van der Waals surface area contributed by atoms with Crippen LogP contribution in [0, 0.1) is 0 Å². The third-order valence-corrected chi connectivity index (χ3v) is 4.84. The Morgan fingerprint density at radius 2 is 1.81 bits per heavy atom. The third-order valence-electron chi connectivity index (χ3n) is 3.54. The average molecular weight is 398 g/mol. The van der Waals surface area contributed by atoms with E-state index in [0.717, 1.165) is 17.0 Å². The van der Waals surface area contributed by atoms with Crippen molar-refractivity contribution >= 4 is 29.1 Å². The summed E-state index contributed by atoms with van der Waals surface area (Å²) in [6.45, 7) is 5.26. The number of carbonyl (C=O) groups excluding carboxylic acids is 2. The zero-order valence-corrected chi connectivity index (χ0v) is 17.2. The highest BCUT2D eigenvalue weighted by Crippen LogP contribution is 2.14. The lowest BCUT2D eigenvalue weighted by Crippen LogP contribution is -2.46. The van der Waals surface area contributed by atoms with Crippen molar-refractivity contribution in [1.29, 1.82) is 0 Å². The first-order valence-electron chi connectivity index (χ1n) is 8.50. The van der Waals surface area contributed by atoms with Crippen LogP contribution < -0.4 is 5.32 Å². The van der Waals surface area contributed by atoms with Crippen LogP contribution in [0.3, 0.4) is 0 Å². The molecule has 0 saturated heterocycles. The van der Waals surface area contributed by atoms with Crippen molar-refractivity contribution in [2.75, 3.05) is 13.6 Å². The number of rotatable bonds is 8. The molecule has 0 radical (unpaired) electrons. The van der Waals surface area contributed by atoms with Crippen LogP contribution in [0.2, 0.25) is 0 Å². The monoisotopic (exact) mass is 398 g/mol. The Kier molecular flexibility index (Phi) is 8.30. The maximum absolute atomic E-state index is 12.4. The molecule has 0 unspecified atom stereocenters. The zero-order chi connectivity index (χ0) is 20.7. The summed E-state index contributed by atoms with van der Waals surface area (Å²) in [4.78, 5) is 24.1. The van der Waals surface area contributed by atoms with Gasteiger partial charge in [0.25, 0.3) is 7.12 Å². The number of carbonyl (C=O) groups is 2. The summed E-state index contributed by atoms with van der Waals surface area (Å²) in [7, 11) is -1.30. The second kappa shape index (κ2) is 9.75. The van der Waals surface area contributed by atoms with Crippen LogP contribution in [-0.2, 0) is 30.7 Å². The summed E-state index contributed by atoms with van der Waals surface area (Å²) in [5.74, 6) is -0.671. The maximum atomic E-state index is 12.4. The predicted octanol–water partition coefficient (Wildman–Crippen LogP) is 0.823. The molecule has 1 amide bonds. The highest BCUT2D eigenvalue weighted by Gasteiger charge is 2.32. The van der Waals surface area contributed by atoms with Crippen LogP contribution in [-0.4, -0.2) is 57.1 Å². The molecule has 1 aromatic carbocycles. The van der Waals surface area contributed by atoms with Gasteiger partial charge in [-0.1, -0.05) is 30.3 Å². The predicted molar refractivity (Wildman–Crippen MR) is 104 cm³/mol. The highest BCUT2D eigenvalue weighted by atomic mass is 32.2. The van der Waals surface area contributed by atoms with Gasteiger partial charge in [0.2, 0.25) is 0 Å². The highest BCUT2D eigenvalue weighted by molar-refractivity contribution is 8.10. The summed E-state index contributed by atoms with van der Waals surface area (Å²) in [5.41, 5.74) is 0.0894. The van der Waals surface area contributed by atoms with Gasteiger partial charge in [0.1, 0.15) is 18.2 Å². The smallest absolute Gasteiger partial charge is 0.407 e. The minimum absolute atomic E-state index is 0.0530. The Hall–Kier alpha value is -2.07. The fourth-order valence-electron chi connectivity index (χ4n) is 2.13. The molecule has 1 N–H and O–H groups in total. The number of esters is 1. The van der Waals surface area contributed by atoms with Gasteiger partial charge in [0, 0.05) is 13.6 Å². The topological polar surface area (TPSA) is 102 Å². The summed E-state index contributed by atoms with van der Waals surface area (Å²) >= 11 is 0. The molecule has 0 spiro atoms. The van der Waals surface area contributed by atoms with Crippen LogP contribution in [0.5, 0.6) is 0 Å². The molecule has 0 bridgehead atoms. The summed E-state index contributed by atoms with van der Waals surface area (Å²) in [6, 6.07) is 8.14. The van der Waals surface area contributed by atoms with Crippen molar-refractivity contribution in [2.45, 2.75) is 45.4 Å². The largest absolute Gasteiger partial charge is 0.459 e. The lowest BCUT2D eigenvalue weighted by atomic mass is 10.1. The zero-order valence-electron chi connectivity index (χ0n) is 16.4. The lowest BCUT2D eigenvalue weighted by molar-refractivity contribution is -0.159. The van der Waals surface area contributed by atoms with E-state index in [-0.39, 0.29) is 19.6 Å². The van der Waals surface area contributed by atoms with Crippen LogP contribution >= 0.6 is 0 Å². The quantitative estimate of drug-likeness (QED) is 0.514. The van der Waals surface area contributed by atoms with Crippen molar-refractivity contribution in [2.24, 2.45) is 0 Å². The van der Waals surface area contributed by atoms with E-state index in [1.54, 1.807) is 20.8 Å². The Morgan fingerprint density at radius 1 is 1.22 bits per heavy atom. The first-order valence-corrected chi connectivity index (χ1v) is 10.4. The molecular formula is C17H27BN2O6S. The van der Waals surface area contributed by atoms with Crippen LogP contribution in [0.4, 0.5) is 4.79 Å². The molecule has 1 rings (SSSR count). The molecule has 8 nitrogen and oxygen atoms in total. The van der Waals surface area contributed by atoms with Gasteiger partial charge in [-0.05, 0) is 32.8 Å². The molecule has 10 heteroatoms. The van der Waals surface area contributed by atoms with Gasteiger partial charge in [0.15, 0.2) is 9.87 Å². The fraction of sp³-hybridized carbons (Fsp3) is 0.529. The summed E-state index contributed by atoms with van der Waals surface area (Å²) < 4.78 is 34.9. The molecule has 0 fully saturated rings. The van der Waals surface area contributed by atoms with E-state index >= 15 is 0 Å². The van der Waals surface area contributed by atoms with Gasteiger partial charge < -0.3 is 14.8 Å². The molecular weight excluding hydrogens is 371 g/mol. The first-order chi connectivity index (χ1) is 12.4. The number of alkyl carbamates (subject to hydrolysis) is 1. The number of amides is 1. The Bertz CT molecular complexity index is 734. The van der Waals surface area contributed by atoms with Gasteiger partial charge in [-0.15, -0.1) is 0 Å². The molecule has 27 heavy (non-hydrogen) atoms. The van der Waals surface area contributed by atoms with Gasteiger partial charge in [-0.2, -0.15) is 0 Å². The number of benzene rings is 1. The minimum atomic E-state index is -3.61. The van der Waals surface area contributed by atoms with Crippen molar-refractivity contribution < 1.29 is 27.5 Å². The van der Waals surface area contributed by atoms with E-state index in [0.29, 0.717) is 0 Å². The SMILES string of the molecule is BS(=O)(=O)N(C)[C@H](CCNC(=O)OCc1ccccc1)C(=O)OC(C)(C)C. The minimum Gasteiger partial charge on any atom is -0.459 e. The molecule has 0 aromatic heterocycles. The standard InChI is InChI=1S/C17H27BN2O6S/c1-17(2,3)26-15(21)14(20(4)27(18,23)24)10-11-19-16(22)25-12-13-8-6-5-7-9-13/h5-9,14H,10-12,18H2,1-4H3,(H,19,22)/t14-/m1/s1. The van der Waals surface area contributed by atoms with Crippen LogP contribution in [0.15, 0.2) is 30.3 Å². The lowest BCUT2D eigenvalue weighted by Gasteiger charge is -2.28. The van der Waals surface area contributed by atoms with E-state index in [1.165, 1.54) is 7.05 Å².